The van der Waals surface area contributed by atoms with E-state index in [2.05, 4.69) is 10.3 Å². The van der Waals surface area contributed by atoms with Gasteiger partial charge in [-0.15, -0.1) is 0 Å². The number of furan rings is 1. The molecule has 0 spiro atoms. The van der Waals surface area contributed by atoms with Crippen molar-refractivity contribution in [2.75, 3.05) is 0 Å². The molecule has 2 aliphatic carbocycles. The van der Waals surface area contributed by atoms with E-state index in [9.17, 15) is 14.4 Å². The van der Waals surface area contributed by atoms with Crippen LogP contribution in [-0.2, 0) is 6.42 Å². The number of nitrogens with one attached hydrogen (secondary N) is 2. The second kappa shape index (κ2) is 6.35. The fraction of sp³-hybridized carbons (Fsp3) is 0.421. The number of carbonyl (C=O) groups excluding carboxylic acids is 2. The lowest BCUT2D eigenvalue weighted by atomic mass is 9.84. The van der Waals surface area contributed by atoms with Gasteiger partial charge in [-0.25, -0.2) is 0 Å². The zero-order valence-corrected chi connectivity index (χ0v) is 13.8. The van der Waals surface area contributed by atoms with Crippen LogP contribution in [0.4, 0.5) is 0 Å². The lowest BCUT2D eigenvalue weighted by Gasteiger charge is -2.22. The Hall–Kier alpha value is -2.63. The third-order valence-corrected chi connectivity index (χ3v) is 5.19. The minimum atomic E-state index is -0.442. The minimum Gasteiger partial charge on any atom is -0.469 e. The SMILES string of the molecule is O=C1CC(c2ccco2)Cc2[nH]c(=O)c(C(=O)NC3CCCC3)cc21. The summed E-state index contributed by atoms with van der Waals surface area (Å²) in [6, 6.07) is 5.21. The van der Waals surface area contributed by atoms with Crippen LogP contribution in [0.25, 0.3) is 0 Å². The predicted molar refractivity (Wildman–Crippen MR) is 90.9 cm³/mol. The smallest absolute Gasteiger partial charge is 0.261 e. The molecule has 2 aromatic heterocycles. The molecular weight excluding hydrogens is 320 g/mol. The van der Waals surface area contributed by atoms with E-state index in [1.54, 1.807) is 12.3 Å². The highest BCUT2D eigenvalue weighted by molar-refractivity contribution is 6.02. The molecule has 0 radical (unpaired) electrons. The third kappa shape index (κ3) is 3.04. The largest absolute Gasteiger partial charge is 0.469 e. The van der Waals surface area contributed by atoms with Crippen LogP contribution >= 0.6 is 0 Å². The van der Waals surface area contributed by atoms with Crippen molar-refractivity contribution < 1.29 is 14.0 Å². The number of hydrogen-bond donors (Lipinski definition) is 2. The average Bonchev–Trinajstić information content (AvgIpc) is 3.27. The quantitative estimate of drug-likeness (QED) is 0.898. The third-order valence-electron chi connectivity index (χ3n) is 5.19. The van der Waals surface area contributed by atoms with Gasteiger partial charge in [0.15, 0.2) is 5.78 Å². The van der Waals surface area contributed by atoms with Gasteiger partial charge in [0, 0.05) is 29.6 Å². The zero-order chi connectivity index (χ0) is 17.4. The number of aromatic amines is 1. The Labute approximate surface area is 144 Å². The molecule has 1 atom stereocenters. The van der Waals surface area contributed by atoms with E-state index >= 15 is 0 Å². The van der Waals surface area contributed by atoms with Gasteiger partial charge in [0.05, 0.1) is 6.26 Å². The molecule has 1 amide bonds. The first-order valence-electron chi connectivity index (χ1n) is 8.75. The van der Waals surface area contributed by atoms with Gasteiger partial charge >= 0.3 is 0 Å². The topological polar surface area (TPSA) is 92.2 Å². The minimum absolute atomic E-state index is 0.0236. The highest BCUT2D eigenvalue weighted by Crippen LogP contribution is 2.31. The van der Waals surface area contributed by atoms with Gasteiger partial charge in [0.25, 0.3) is 11.5 Å². The van der Waals surface area contributed by atoms with Crippen molar-refractivity contribution >= 4 is 11.7 Å². The van der Waals surface area contributed by atoms with Gasteiger partial charge in [-0.1, -0.05) is 12.8 Å². The van der Waals surface area contributed by atoms with Gasteiger partial charge in [-0.3, -0.25) is 14.4 Å². The van der Waals surface area contributed by atoms with Crippen LogP contribution in [0.1, 0.15) is 70.2 Å². The normalized spacial score (nSPS) is 20.5. The van der Waals surface area contributed by atoms with Crippen LogP contribution < -0.4 is 10.9 Å². The lowest BCUT2D eigenvalue weighted by molar-refractivity contribution is 0.0936. The summed E-state index contributed by atoms with van der Waals surface area (Å²) < 4.78 is 5.39. The molecule has 0 aromatic carbocycles. The first-order chi connectivity index (χ1) is 12.1. The standard InChI is InChI=1S/C19H20N2O4/c22-16-9-11(17-6-3-7-25-17)8-15-13(16)10-14(19(24)21-15)18(23)20-12-4-1-2-5-12/h3,6-7,10-12H,1-2,4-5,8-9H2,(H,20,23)(H,21,24). The number of fused-ring (bicyclic) bond motifs is 1. The maximum Gasteiger partial charge on any atom is 0.261 e. The maximum atomic E-state index is 12.5. The number of ketones is 1. The molecule has 130 valence electrons. The van der Waals surface area contributed by atoms with Crippen LogP contribution in [0.15, 0.2) is 33.7 Å². The summed E-state index contributed by atoms with van der Waals surface area (Å²) in [6.07, 6.45) is 6.49. The zero-order valence-electron chi connectivity index (χ0n) is 13.8. The van der Waals surface area contributed by atoms with Crippen LogP contribution in [0.3, 0.4) is 0 Å². The van der Waals surface area contributed by atoms with Crippen LogP contribution in [0.5, 0.6) is 0 Å². The second-order valence-electron chi connectivity index (χ2n) is 6.90. The van der Waals surface area contributed by atoms with Crippen molar-refractivity contribution in [1.29, 1.82) is 0 Å². The number of amides is 1. The Morgan fingerprint density at radius 3 is 2.72 bits per heavy atom. The van der Waals surface area contributed by atoms with E-state index in [-0.39, 0.29) is 23.3 Å². The molecule has 2 aliphatic rings. The summed E-state index contributed by atoms with van der Waals surface area (Å²) in [5.41, 5.74) is 0.608. The fourth-order valence-corrected chi connectivity index (χ4v) is 3.86. The molecule has 1 saturated carbocycles. The van der Waals surface area contributed by atoms with Gasteiger partial charge in [-0.2, -0.15) is 0 Å². The Bertz CT molecular complexity index is 860. The summed E-state index contributed by atoms with van der Waals surface area (Å²) in [5.74, 6) is 0.192. The van der Waals surface area contributed by atoms with Crippen molar-refractivity contribution in [2.24, 2.45) is 0 Å². The molecule has 2 heterocycles. The lowest BCUT2D eigenvalue weighted by Crippen LogP contribution is -2.37. The van der Waals surface area contributed by atoms with E-state index in [0.29, 0.717) is 24.1 Å². The summed E-state index contributed by atoms with van der Waals surface area (Å²) in [7, 11) is 0. The summed E-state index contributed by atoms with van der Waals surface area (Å²) >= 11 is 0. The van der Waals surface area contributed by atoms with E-state index in [1.165, 1.54) is 6.07 Å². The molecule has 2 N–H and O–H groups in total. The van der Waals surface area contributed by atoms with Crippen molar-refractivity contribution in [3.05, 3.63) is 57.4 Å². The monoisotopic (exact) mass is 340 g/mol. The van der Waals surface area contributed by atoms with E-state index in [1.807, 2.05) is 6.07 Å². The van der Waals surface area contributed by atoms with Crippen molar-refractivity contribution in [2.45, 2.75) is 50.5 Å². The Morgan fingerprint density at radius 2 is 2.00 bits per heavy atom. The van der Waals surface area contributed by atoms with Gasteiger partial charge in [0.1, 0.15) is 11.3 Å². The van der Waals surface area contributed by atoms with Crippen molar-refractivity contribution in [3.8, 4) is 0 Å². The molecule has 25 heavy (non-hydrogen) atoms. The van der Waals surface area contributed by atoms with Gasteiger partial charge < -0.3 is 14.7 Å². The number of pyridine rings is 1. The molecule has 2 aromatic rings. The predicted octanol–water partition coefficient (Wildman–Crippen LogP) is 2.55. The number of hydrogen-bond acceptors (Lipinski definition) is 4. The van der Waals surface area contributed by atoms with Crippen molar-refractivity contribution in [1.82, 2.24) is 10.3 Å². The fourth-order valence-electron chi connectivity index (χ4n) is 3.86. The summed E-state index contributed by atoms with van der Waals surface area (Å²) in [4.78, 5) is 40.0. The first kappa shape index (κ1) is 15.9. The molecule has 0 aliphatic heterocycles. The van der Waals surface area contributed by atoms with Gasteiger partial charge in [0.2, 0.25) is 0 Å². The highest BCUT2D eigenvalue weighted by atomic mass is 16.3. The average molecular weight is 340 g/mol. The molecule has 0 saturated heterocycles. The first-order valence-corrected chi connectivity index (χ1v) is 8.75. The van der Waals surface area contributed by atoms with Crippen LogP contribution in [0.2, 0.25) is 0 Å². The molecular formula is C19H20N2O4. The molecule has 1 unspecified atom stereocenters. The number of Topliss-reactive ketones (excluding diaryl/α,β-unsaturated/α-hetero) is 1. The summed E-state index contributed by atoms with van der Waals surface area (Å²) in [6.45, 7) is 0. The van der Waals surface area contributed by atoms with Crippen LogP contribution in [0, 0.1) is 0 Å². The summed E-state index contributed by atoms with van der Waals surface area (Å²) in [5, 5.41) is 2.90. The number of H-pyrrole nitrogens is 1. The number of aromatic nitrogens is 1. The Balaban J connectivity index is 1.61. The van der Waals surface area contributed by atoms with Gasteiger partial charge in [-0.05, 0) is 37.5 Å². The number of carbonyl (C=O) groups is 2. The second-order valence-corrected chi connectivity index (χ2v) is 6.90. The van der Waals surface area contributed by atoms with E-state index < -0.39 is 11.5 Å². The molecule has 1 fully saturated rings. The molecule has 6 nitrogen and oxygen atoms in total. The number of rotatable bonds is 3. The molecule has 6 heteroatoms. The molecule has 0 bridgehead atoms. The Morgan fingerprint density at radius 1 is 1.20 bits per heavy atom. The van der Waals surface area contributed by atoms with E-state index in [0.717, 1.165) is 31.4 Å². The maximum absolute atomic E-state index is 12.5. The molecule has 4 rings (SSSR count). The highest BCUT2D eigenvalue weighted by Gasteiger charge is 2.30. The van der Waals surface area contributed by atoms with Crippen molar-refractivity contribution in [3.63, 3.8) is 0 Å². The van der Waals surface area contributed by atoms with E-state index in [4.69, 9.17) is 4.42 Å². The Kier molecular flexibility index (Phi) is 4.03. The van der Waals surface area contributed by atoms with Crippen LogP contribution in [-0.4, -0.2) is 22.7 Å².